The van der Waals surface area contributed by atoms with Gasteiger partial charge < -0.3 is 15.7 Å². The van der Waals surface area contributed by atoms with Crippen LogP contribution in [0.1, 0.15) is 21.3 Å². The highest BCUT2D eigenvalue weighted by molar-refractivity contribution is 7.80. The van der Waals surface area contributed by atoms with Gasteiger partial charge in [0.25, 0.3) is 0 Å². The van der Waals surface area contributed by atoms with E-state index >= 15 is 0 Å². The van der Waals surface area contributed by atoms with Crippen molar-refractivity contribution in [2.75, 3.05) is 0 Å². The summed E-state index contributed by atoms with van der Waals surface area (Å²) in [6, 6.07) is 4.82. The fraction of sp³-hybridized carbons (Fsp3) is 0.267. The maximum Gasteiger partial charge on any atom is 0.437 e. The Morgan fingerprint density at radius 3 is 2.68 bits per heavy atom. The number of rotatable bonds is 3. The van der Waals surface area contributed by atoms with Crippen LogP contribution in [0.25, 0.3) is 0 Å². The molecule has 0 amide bonds. The van der Waals surface area contributed by atoms with Crippen LogP contribution in [0.15, 0.2) is 42.0 Å². The number of pyridine rings is 1. The van der Waals surface area contributed by atoms with Crippen molar-refractivity contribution in [3.8, 4) is 0 Å². The Morgan fingerprint density at radius 2 is 2.12 bits per heavy atom. The number of hydrogen-bond acceptors (Lipinski definition) is 5. The fourth-order valence-corrected chi connectivity index (χ4v) is 3.74. The predicted octanol–water partition coefficient (Wildman–Crippen LogP) is 2.41. The van der Waals surface area contributed by atoms with E-state index in [1.807, 2.05) is 5.32 Å². The molecule has 0 unspecified atom stereocenters. The molecule has 1 saturated heterocycles. The van der Waals surface area contributed by atoms with Crippen molar-refractivity contribution in [3.63, 3.8) is 0 Å². The number of carbonyl (C=O) groups is 1. The molecule has 3 heterocycles. The number of aromatic nitrogens is 1. The van der Waals surface area contributed by atoms with E-state index in [1.165, 1.54) is 30.6 Å². The smallest absolute Gasteiger partial charge is 0.363 e. The van der Waals surface area contributed by atoms with Crippen LogP contribution in [0.4, 0.5) is 13.2 Å². The molecule has 3 rings (SSSR count). The SMILES string of the molecule is O=C(c1cccs1)[C@@H]1[C@H](c2cccnc2)NC(=S)N[C@]1(O)C(F)(F)F. The van der Waals surface area contributed by atoms with Gasteiger partial charge in [0.05, 0.1) is 10.9 Å². The minimum Gasteiger partial charge on any atom is -0.363 e. The van der Waals surface area contributed by atoms with E-state index in [1.54, 1.807) is 11.4 Å². The number of alkyl halides is 3. The first-order valence-electron chi connectivity index (χ1n) is 7.09. The lowest BCUT2D eigenvalue weighted by Crippen LogP contribution is -2.72. The molecule has 0 aromatic carbocycles. The highest BCUT2D eigenvalue weighted by Crippen LogP contribution is 2.44. The molecule has 10 heteroatoms. The van der Waals surface area contributed by atoms with Crippen molar-refractivity contribution in [1.82, 2.24) is 15.6 Å². The number of nitrogens with zero attached hydrogens (tertiary/aromatic N) is 1. The summed E-state index contributed by atoms with van der Waals surface area (Å²) in [5.41, 5.74) is -3.19. The molecule has 2 aromatic heterocycles. The molecule has 1 aliphatic rings. The molecule has 132 valence electrons. The van der Waals surface area contributed by atoms with E-state index in [2.05, 4.69) is 10.3 Å². The lowest BCUT2D eigenvalue weighted by molar-refractivity contribution is -0.285. The first-order valence-corrected chi connectivity index (χ1v) is 8.38. The number of ketones is 1. The van der Waals surface area contributed by atoms with Gasteiger partial charge in [0.1, 0.15) is 5.92 Å². The highest BCUT2D eigenvalue weighted by atomic mass is 32.1. The first kappa shape index (κ1) is 17.8. The Morgan fingerprint density at radius 1 is 1.36 bits per heavy atom. The average Bonchev–Trinajstić information content (AvgIpc) is 3.08. The number of nitrogens with one attached hydrogen (secondary N) is 2. The predicted molar refractivity (Wildman–Crippen MR) is 89.0 cm³/mol. The van der Waals surface area contributed by atoms with Crippen LogP contribution in [0.3, 0.4) is 0 Å². The van der Waals surface area contributed by atoms with Crippen molar-refractivity contribution >= 4 is 34.5 Å². The molecule has 5 nitrogen and oxygen atoms in total. The number of Topliss-reactive ketones (excluding diaryl/α,β-unsaturated/α-hetero) is 1. The zero-order valence-corrected chi connectivity index (χ0v) is 14.1. The summed E-state index contributed by atoms with van der Waals surface area (Å²) >= 11 is 5.83. The minimum absolute atomic E-state index is 0.109. The van der Waals surface area contributed by atoms with Crippen molar-refractivity contribution in [1.29, 1.82) is 0 Å². The second kappa shape index (κ2) is 6.36. The topological polar surface area (TPSA) is 74.2 Å². The Kier molecular flexibility index (Phi) is 4.52. The molecule has 0 aliphatic carbocycles. The minimum atomic E-state index is -5.13. The molecule has 25 heavy (non-hydrogen) atoms. The molecule has 3 N–H and O–H groups in total. The monoisotopic (exact) mass is 387 g/mol. The number of halogens is 3. The summed E-state index contributed by atoms with van der Waals surface area (Å²) in [6.45, 7) is 0. The Labute approximate surface area is 149 Å². The van der Waals surface area contributed by atoms with Crippen LogP contribution < -0.4 is 10.6 Å². The zero-order valence-electron chi connectivity index (χ0n) is 12.4. The van der Waals surface area contributed by atoms with E-state index in [0.717, 1.165) is 11.3 Å². The molecule has 0 bridgehead atoms. The number of thiocarbonyl (C=S) groups is 1. The quantitative estimate of drug-likeness (QED) is 0.555. The summed E-state index contributed by atoms with van der Waals surface area (Å²) in [4.78, 5) is 16.8. The van der Waals surface area contributed by atoms with Crippen molar-refractivity contribution < 1.29 is 23.1 Å². The lowest BCUT2D eigenvalue weighted by atomic mass is 9.79. The third-order valence-electron chi connectivity index (χ3n) is 3.90. The third kappa shape index (κ3) is 3.12. The van der Waals surface area contributed by atoms with Crippen LogP contribution in [-0.2, 0) is 0 Å². The second-order valence-corrected chi connectivity index (χ2v) is 6.80. The van der Waals surface area contributed by atoms with Gasteiger partial charge in [0, 0.05) is 12.4 Å². The van der Waals surface area contributed by atoms with E-state index in [-0.39, 0.29) is 4.88 Å². The van der Waals surface area contributed by atoms with Crippen LogP contribution >= 0.6 is 23.6 Å². The number of thiophene rings is 1. The normalized spacial score (nSPS) is 26.6. The summed E-state index contributed by atoms with van der Waals surface area (Å²) in [6.07, 6.45) is -2.34. The van der Waals surface area contributed by atoms with Crippen LogP contribution in [-0.4, -0.2) is 32.9 Å². The molecule has 1 aliphatic heterocycles. The average molecular weight is 387 g/mol. The van der Waals surface area contributed by atoms with Gasteiger partial charge in [-0.15, -0.1) is 11.3 Å². The third-order valence-corrected chi connectivity index (χ3v) is 5.00. The largest absolute Gasteiger partial charge is 0.437 e. The summed E-state index contributed by atoms with van der Waals surface area (Å²) in [5, 5.41) is 16.1. The van der Waals surface area contributed by atoms with Crippen molar-refractivity contribution in [2.24, 2.45) is 5.92 Å². The summed E-state index contributed by atoms with van der Waals surface area (Å²) < 4.78 is 41.0. The van der Waals surface area contributed by atoms with Crippen LogP contribution in [0.5, 0.6) is 0 Å². The van der Waals surface area contributed by atoms with Gasteiger partial charge in [-0.25, -0.2) is 0 Å². The van der Waals surface area contributed by atoms with E-state index < -0.39 is 34.8 Å². The van der Waals surface area contributed by atoms with E-state index in [0.29, 0.717) is 5.56 Å². The Bertz CT molecular complexity index is 783. The van der Waals surface area contributed by atoms with Gasteiger partial charge in [-0.3, -0.25) is 9.78 Å². The van der Waals surface area contributed by atoms with Gasteiger partial charge in [-0.1, -0.05) is 12.1 Å². The fourth-order valence-electron chi connectivity index (χ4n) is 2.75. The molecular formula is C15H12F3N3O2S2. The first-order chi connectivity index (χ1) is 11.7. The molecular weight excluding hydrogens is 375 g/mol. The zero-order chi connectivity index (χ0) is 18.2. The summed E-state index contributed by atoms with van der Waals surface area (Å²) in [7, 11) is 0. The molecule has 0 saturated carbocycles. The standard InChI is InChI=1S/C15H12F3N3O2S2/c16-15(17,18)14(23)10(12(22)9-4-2-6-25-9)11(20-13(24)21-14)8-3-1-5-19-7-8/h1-7,10-11,23H,(H2,20,21,24)/t10-,11-,14+/m0/s1. The highest BCUT2D eigenvalue weighted by Gasteiger charge is 2.65. The van der Waals surface area contributed by atoms with Crippen LogP contribution in [0, 0.1) is 5.92 Å². The van der Waals surface area contributed by atoms with Gasteiger partial charge in [0.2, 0.25) is 5.72 Å². The van der Waals surface area contributed by atoms with Crippen molar-refractivity contribution in [3.05, 3.63) is 52.5 Å². The Balaban J connectivity index is 2.15. The molecule has 0 radical (unpaired) electrons. The van der Waals surface area contributed by atoms with E-state index in [9.17, 15) is 23.1 Å². The number of aliphatic hydroxyl groups is 1. The second-order valence-electron chi connectivity index (χ2n) is 5.45. The Hall–Kier alpha value is -2.04. The molecule has 0 spiro atoms. The maximum absolute atomic E-state index is 13.7. The summed E-state index contributed by atoms with van der Waals surface area (Å²) in [5.74, 6) is -2.73. The molecule has 3 atom stereocenters. The maximum atomic E-state index is 13.7. The van der Waals surface area contributed by atoms with Gasteiger partial charge in [0.15, 0.2) is 10.9 Å². The van der Waals surface area contributed by atoms with Crippen molar-refractivity contribution in [2.45, 2.75) is 17.9 Å². The molecule has 1 fully saturated rings. The van der Waals surface area contributed by atoms with Crippen LogP contribution in [0.2, 0.25) is 0 Å². The van der Waals surface area contributed by atoms with Gasteiger partial charge in [-0.05, 0) is 35.3 Å². The van der Waals surface area contributed by atoms with Gasteiger partial charge in [-0.2, -0.15) is 13.2 Å². The number of carbonyl (C=O) groups excluding carboxylic acids is 1. The number of hydrogen-bond donors (Lipinski definition) is 3. The molecule has 2 aromatic rings. The van der Waals surface area contributed by atoms with Gasteiger partial charge >= 0.3 is 6.18 Å². The lowest BCUT2D eigenvalue weighted by Gasteiger charge is -2.46. The van der Waals surface area contributed by atoms with E-state index in [4.69, 9.17) is 12.2 Å².